The Morgan fingerprint density at radius 2 is 1.53 bits per heavy atom. The summed E-state index contributed by atoms with van der Waals surface area (Å²) in [6.07, 6.45) is 32.4. The maximum absolute atomic E-state index is 7.04. The fourth-order valence-corrected chi connectivity index (χ4v) is 9.86. The Bertz CT molecular complexity index is 2580. The minimum absolute atomic E-state index is 0.203. The van der Waals surface area contributed by atoms with Gasteiger partial charge in [0.15, 0.2) is 12.0 Å². The fourth-order valence-electron chi connectivity index (χ4n) is 9.86. The van der Waals surface area contributed by atoms with Crippen LogP contribution in [0.15, 0.2) is 174 Å². The number of nitrogens with one attached hydrogen (secondary N) is 1. The summed E-state index contributed by atoms with van der Waals surface area (Å²) < 4.78 is 7.04. The van der Waals surface area contributed by atoms with Crippen LogP contribution in [0.5, 0.6) is 5.75 Å². The second kappa shape index (κ2) is 13.4. The molecule has 0 saturated heterocycles. The van der Waals surface area contributed by atoms with Gasteiger partial charge in [0.05, 0.1) is 11.7 Å². The maximum Gasteiger partial charge on any atom is 0.196 e. The van der Waals surface area contributed by atoms with Gasteiger partial charge in [0, 0.05) is 45.3 Å². The Balaban J connectivity index is 1.04. The first kappa shape index (κ1) is 32.4. The van der Waals surface area contributed by atoms with Crippen LogP contribution in [0.25, 0.3) is 21.5 Å². The SMILES string of the molecule is C1=CC2c3ccc(N(c4ccccc4)c4ccc5ccc6ccc7c(c6c5c4)OC(C4=C(C5=CCCCC5)CCC=C4)N7)cc3N(C3=CCCC=C3)C2C=C1. The van der Waals surface area contributed by atoms with Gasteiger partial charge in [-0.3, -0.25) is 0 Å². The maximum atomic E-state index is 7.04. The molecule has 5 aromatic carbocycles. The lowest BCUT2D eigenvalue weighted by Gasteiger charge is -2.31. The van der Waals surface area contributed by atoms with Crippen molar-refractivity contribution in [2.75, 3.05) is 15.1 Å². The molecule has 55 heavy (non-hydrogen) atoms. The van der Waals surface area contributed by atoms with E-state index in [0.717, 1.165) is 59.6 Å². The summed E-state index contributed by atoms with van der Waals surface area (Å²) in [7, 11) is 0. The summed E-state index contributed by atoms with van der Waals surface area (Å²) >= 11 is 0. The van der Waals surface area contributed by atoms with Gasteiger partial charge in [0.1, 0.15) is 0 Å². The highest BCUT2D eigenvalue weighted by molar-refractivity contribution is 6.14. The van der Waals surface area contributed by atoms with Crippen LogP contribution in [-0.2, 0) is 0 Å². The summed E-state index contributed by atoms with van der Waals surface area (Å²) in [5, 5.41) is 8.55. The van der Waals surface area contributed by atoms with Crippen molar-refractivity contribution in [1.29, 1.82) is 0 Å². The standard InChI is InChI=1S/C51H45N3O/c1-4-14-34(15-5-1)41-20-10-11-22-44(41)51-52-46-31-27-36-25-24-35-26-28-39(32-45(35)49(36)50(46)55-51)53(37-16-6-2-7-17-37)40-29-30-43-42-21-12-13-23-47(42)54(48(43)33-40)38-18-8-3-9-19-38/h2,6-8,11-14,16-19,21-33,42,47,51-52H,1,3-5,9-10,15,20H2. The number of hydrogen-bond acceptors (Lipinski definition) is 4. The highest BCUT2D eigenvalue weighted by Crippen LogP contribution is 2.50. The van der Waals surface area contributed by atoms with Gasteiger partial charge >= 0.3 is 0 Å². The molecule has 270 valence electrons. The third-order valence-corrected chi connectivity index (χ3v) is 12.4. The van der Waals surface area contributed by atoms with E-state index in [1.165, 1.54) is 75.5 Å². The number of para-hydroxylation sites is 1. The number of nitrogens with zero attached hydrogens (tertiary/aromatic N) is 2. The largest absolute Gasteiger partial charge is 0.464 e. The summed E-state index contributed by atoms with van der Waals surface area (Å²) in [5.41, 5.74) is 12.7. The van der Waals surface area contributed by atoms with Crippen LogP contribution in [0.2, 0.25) is 0 Å². The second-order valence-electron chi connectivity index (χ2n) is 15.7. The lowest BCUT2D eigenvalue weighted by molar-refractivity contribution is 0.295. The first-order valence-corrected chi connectivity index (χ1v) is 20.3. The molecule has 1 N–H and O–H groups in total. The lowest BCUT2D eigenvalue weighted by Crippen LogP contribution is -2.32. The lowest BCUT2D eigenvalue weighted by atomic mass is 9.85. The second-order valence-corrected chi connectivity index (χ2v) is 15.7. The normalized spacial score (nSPS) is 22.3. The first-order valence-electron chi connectivity index (χ1n) is 20.3. The molecule has 0 radical (unpaired) electrons. The van der Waals surface area contributed by atoms with E-state index in [-0.39, 0.29) is 12.3 Å². The molecule has 2 heterocycles. The molecule has 0 amide bonds. The van der Waals surface area contributed by atoms with Gasteiger partial charge in [-0.15, -0.1) is 0 Å². The van der Waals surface area contributed by atoms with E-state index >= 15 is 0 Å². The number of benzene rings is 5. The quantitative estimate of drug-likeness (QED) is 0.177. The summed E-state index contributed by atoms with van der Waals surface area (Å²) in [5.74, 6) is 1.28. The third kappa shape index (κ3) is 5.49. The molecule has 4 heteroatoms. The van der Waals surface area contributed by atoms with Crippen molar-refractivity contribution in [1.82, 2.24) is 0 Å². The third-order valence-electron chi connectivity index (χ3n) is 12.4. The Labute approximate surface area is 323 Å². The zero-order chi connectivity index (χ0) is 36.3. The van der Waals surface area contributed by atoms with Gasteiger partial charge in [-0.05, 0) is 133 Å². The van der Waals surface area contributed by atoms with Crippen molar-refractivity contribution in [3.8, 4) is 5.75 Å². The number of rotatable bonds is 6. The van der Waals surface area contributed by atoms with Crippen molar-refractivity contribution in [2.24, 2.45) is 0 Å². The number of anilines is 5. The van der Waals surface area contributed by atoms with E-state index in [9.17, 15) is 0 Å². The molecular weight excluding hydrogens is 671 g/mol. The van der Waals surface area contributed by atoms with E-state index in [0.29, 0.717) is 5.92 Å². The number of ether oxygens (including phenoxy) is 1. The van der Waals surface area contributed by atoms with Crippen LogP contribution >= 0.6 is 0 Å². The van der Waals surface area contributed by atoms with E-state index in [1.54, 1.807) is 0 Å². The zero-order valence-corrected chi connectivity index (χ0v) is 31.1. The fraction of sp³-hybridized carbons (Fsp3) is 0.216. The Morgan fingerprint density at radius 3 is 2.42 bits per heavy atom. The molecule has 3 unspecified atom stereocenters. The van der Waals surface area contributed by atoms with Crippen LogP contribution in [0.3, 0.4) is 0 Å². The van der Waals surface area contributed by atoms with Crippen molar-refractivity contribution < 1.29 is 4.74 Å². The van der Waals surface area contributed by atoms with E-state index in [2.05, 4.69) is 167 Å². The van der Waals surface area contributed by atoms with Gasteiger partial charge in [0.25, 0.3) is 0 Å². The predicted molar refractivity (Wildman–Crippen MR) is 230 cm³/mol. The van der Waals surface area contributed by atoms with Crippen LogP contribution in [0.1, 0.15) is 62.8 Å². The van der Waals surface area contributed by atoms with Gasteiger partial charge in [-0.25, -0.2) is 0 Å². The topological polar surface area (TPSA) is 27.7 Å². The van der Waals surface area contributed by atoms with E-state index in [4.69, 9.17) is 4.74 Å². The molecule has 0 aromatic heterocycles. The molecule has 5 aromatic rings. The Hall–Kier alpha value is -6.00. The van der Waals surface area contributed by atoms with Gasteiger partial charge in [-0.1, -0.05) is 103 Å². The average molecular weight is 716 g/mol. The highest BCUT2D eigenvalue weighted by atomic mass is 16.5. The zero-order valence-electron chi connectivity index (χ0n) is 31.1. The molecular formula is C51H45N3O. The minimum atomic E-state index is -0.203. The van der Waals surface area contributed by atoms with Crippen molar-refractivity contribution in [2.45, 2.75) is 69.6 Å². The first-order chi connectivity index (χ1) is 27.3. The van der Waals surface area contributed by atoms with Gasteiger partial charge < -0.3 is 19.9 Å². The highest BCUT2D eigenvalue weighted by Gasteiger charge is 2.38. The Kier molecular flexibility index (Phi) is 7.89. The summed E-state index contributed by atoms with van der Waals surface area (Å²) in [6, 6.07) is 34.1. The van der Waals surface area contributed by atoms with Crippen LogP contribution in [0, 0.1) is 0 Å². The number of fused-ring (bicyclic) bond motifs is 8. The van der Waals surface area contributed by atoms with Crippen LogP contribution in [0.4, 0.5) is 28.4 Å². The average Bonchev–Trinajstić information content (AvgIpc) is 3.84. The smallest absolute Gasteiger partial charge is 0.196 e. The molecule has 0 spiro atoms. The van der Waals surface area contributed by atoms with Crippen molar-refractivity contribution in [3.63, 3.8) is 0 Å². The number of hydrogen-bond donors (Lipinski definition) is 1. The molecule has 6 aliphatic rings. The summed E-state index contributed by atoms with van der Waals surface area (Å²) in [4.78, 5) is 4.98. The molecule has 4 nitrogen and oxygen atoms in total. The Morgan fingerprint density at radius 1 is 0.691 bits per heavy atom. The minimum Gasteiger partial charge on any atom is -0.464 e. The van der Waals surface area contributed by atoms with Crippen molar-refractivity contribution >= 4 is 50.0 Å². The molecule has 0 fully saturated rings. The molecule has 3 atom stereocenters. The monoisotopic (exact) mass is 715 g/mol. The molecule has 0 bridgehead atoms. The van der Waals surface area contributed by atoms with Crippen LogP contribution < -0.4 is 19.9 Å². The molecule has 11 rings (SSSR count). The predicted octanol–water partition coefficient (Wildman–Crippen LogP) is 13.4. The van der Waals surface area contributed by atoms with Crippen molar-refractivity contribution in [3.05, 3.63) is 180 Å². The van der Waals surface area contributed by atoms with Crippen LogP contribution in [-0.4, -0.2) is 12.3 Å². The summed E-state index contributed by atoms with van der Waals surface area (Å²) in [6.45, 7) is 0. The molecule has 2 aliphatic heterocycles. The van der Waals surface area contributed by atoms with Gasteiger partial charge in [-0.2, -0.15) is 0 Å². The van der Waals surface area contributed by atoms with Gasteiger partial charge in [0.2, 0.25) is 0 Å². The number of allylic oxidation sites excluding steroid dienone is 9. The van der Waals surface area contributed by atoms with E-state index in [1.807, 2.05) is 0 Å². The molecule has 0 saturated carbocycles. The van der Waals surface area contributed by atoms with E-state index < -0.39 is 0 Å². The molecule has 4 aliphatic carbocycles.